The van der Waals surface area contributed by atoms with Crippen LogP contribution in [0.2, 0.25) is 0 Å². The Morgan fingerprint density at radius 1 is 0.643 bits per heavy atom. The molecule has 8 rings (SSSR count). The fraction of sp³-hybridized carbons (Fsp3) is 0.0811. The summed E-state index contributed by atoms with van der Waals surface area (Å²) in [7, 11) is 0. The first-order valence-corrected chi connectivity index (χ1v) is 14.0. The summed E-state index contributed by atoms with van der Waals surface area (Å²) < 4.78 is 0. The number of para-hydroxylation sites is 1. The lowest BCUT2D eigenvalue weighted by molar-refractivity contribution is 0.660. The second kappa shape index (κ2) is 8.95. The van der Waals surface area contributed by atoms with Gasteiger partial charge in [0, 0.05) is 28.8 Å². The molecule has 5 heteroatoms. The van der Waals surface area contributed by atoms with Gasteiger partial charge < -0.3 is 0 Å². The smallest absolute Gasteiger partial charge is 0.121 e. The zero-order valence-electron chi connectivity index (χ0n) is 23.2. The summed E-state index contributed by atoms with van der Waals surface area (Å²) in [5.74, 6) is 0. The Bertz CT molecular complexity index is 2240. The lowest BCUT2D eigenvalue weighted by Gasteiger charge is -2.22. The maximum Gasteiger partial charge on any atom is 0.121 e. The fourth-order valence-corrected chi connectivity index (χ4v) is 6.51. The highest BCUT2D eigenvalue weighted by atomic mass is 15.5. The Balaban J connectivity index is 1.36. The van der Waals surface area contributed by atoms with Crippen molar-refractivity contribution in [3.05, 3.63) is 132 Å². The molecule has 0 saturated heterocycles. The molecule has 0 fully saturated rings. The van der Waals surface area contributed by atoms with Crippen LogP contribution in [0.15, 0.2) is 116 Å². The van der Waals surface area contributed by atoms with E-state index in [0.29, 0.717) is 5.56 Å². The minimum Gasteiger partial charge on any atom is -0.265 e. The molecule has 7 aromatic rings. The number of rotatable bonds is 3. The maximum absolute atomic E-state index is 9.77. The average molecular weight is 540 g/mol. The zero-order chi connectivity index (χ0) is 28.4. The molecule has 2 heterocycles. The van der Waals surface area contributed by atoms with Gasteiger partial charge >= 0.3 is 0 Å². The molecule has 0 bridgehead atoms. The van der Waals surface area contributed by atoms with Crippen molar-refractivity contribution in [1.82, 2.24) is 20.0 Å². The van der Waals surface area contributed by atoms with Crippen LogP contribution >= 0.6 is 0 Å². The Labute approximate surface area is 243 Å². The fourth-order valence-electron chi connectivity index (χ4n) is 6.51. The van der Waals surface area contributed by atoms with E-state index < -0.39 is 0 Å². The normalized spacial score (nSPS) is 13.2. The Morgan fingerprint density at radius 2 is 1.40 bits per heavy atom. The van der Waals surface area contributed by atoms with Crippen LogP contribution in [0.4, 0.5) is 0 Å². The molecule has 0 N–H and O–H groups in total. The van der Waals surface area contributed by atoms with Crippen molar-refractivity contribution in [3.8, 4) is 45.1 Å². The first-order chi connectivity index (χ1) is 20.5. The van der Waals surface area contributed by atoms with Gasteiger partial charge in [-0.2, -0.15) is 5.26 Å². The second-order valence-corrected chi connectivity index (χ2v) is 11.3. The highest BCUT2D eigenvalue weighted by Gasteiger charge is 2.35. The van der Waals surface area contributed by atoms with Crippen molar-refractivity contribution in [2.75, 3.05) is 0 Å². The molecule has 0 atom stereocenters. The first-order valence-electron chi connectivity index (χ1n) is 14.0. The van der Waals surface area contributed by atoms with Gasteiger partial charge in [-0.25, -0.2) is 0 Å². The summed E-state index contributed by atoms with van der Waals surface area (Å²) in [6, 6.07) is 37.8. The van der Waals surface area contributed by atoms with Crippen LogP contribution in [0.1, 0.15) is 30.5 Å². The Kier molecular flexibility index (Phi) is 5.16. The van der Waals surface area contributed by atoms with Crippen LogP contribution in [-0.2, 0) is 5.41 Å². The minimum absolute atomic E-state index is 0.112. The van der Waals surface area contributed by atoms with Gasteiger partial charge in [-0.05, 0) is 86.8 Å². The Hall–Kier alpha value is -5.60. The molecule has 1 aliphatic rings. The molecular formula is C37H25N5. The summed E-state index contributed by atoms with van der Waals surface area (Å²) in [4.78, 5) is 5.90. The third-order valence-electron chi connectivity index (χ3n) is 8.62. The monoisotopic (exact) mass is 539 g/mol. The predicted molar refractivity (Wildman–Crippen MR) is 167 cm³/mol. The third-order valence-corrected chi connectivity index (χ3v) is 8.62. The van der Waals surface area contributed by atoms with Crippen molar-refractivity contribution in [2.45, 2.75) is 19.3 Å². The summed E-state index contributed by atoms with van der Waals surface area (Å²) in [5, 5.41) is 21.7. The van der Waals surface area contributed by atoms with Gasteiger partial charge in [0.1, 0.15) is 11.0 Å². The molecule has 0 amide bonds. The van der Waals surface area contributed by atoms with E-state index >= 15 is 0 Å². The summed E-state index contributed by atoms with van der Waals surface area (Å²) in [5.41, 5.74) is 12.4. The van der Waals surface area contributed by atoms with E-state index in [1.54, 1.807) is 17.2 Å². The van der Waals surface area contributed by atoms with Gasteiger partial charge in [-0.15, -0.1) is 15.0 Å². The van der Waals surface area contributed by atoms with Gasteiger partial charge in [0.2, 0.25) is 0 Å². The SMILES string of the molecule is CC1(C)c2ccccc2-c2ccc(-c3cc4nn(-c5ccccc5-c5ccncc5)nc4c4ccc(C#N)cc34)cc21. The van der Waals surface area contributed by atoms with E-state index in [1.165, 1.54) is 22.3 Å². The van der Waals surface area contributed by atoms with Crippen LogP contribution in [0, 0.1) is 11.3 Å². The van der Waals surface area contributed by atoms with Crippen LogP contribution < -0.4 is 0 Å². The lowest BCUT2D eigenvalue weighted by Crippen LogP contribution is -2.14. The van der Waals surface area contributed by atoms with Crippen LogP contribution in [0.5, 0.6) is 0 Å². The van der Waals surface area contributed by atoms with Crippen molar-refractivity contribution >= 4 is 21.8 Å². The number of hydrogen-bond donors (Lipinski definition) is 0. The van der Waals surface area contributed by atoms with Gasteiger partial charge in [0.05, 0.1) is 17.3 Å². The van der Waals surface area contributed by atoms with E-state index in [-0.39, 0.29) is 5.41 Å². The molecule has 1 aliphatic carbocycles. The molecule has 5 nitrogen and oxygen atoms in total. The number of hydrogen-bond acceptors (Lipinski definition) is 4. The largest absolute Gasteiger partial charge is 0.265 e. The molecule has 0 unspecified atom stereocenters. The molecule has 5 aromatic carbocycles. The number of aromatic nitrogens is 4. The standard InChI is InChI=1S/C37H25N5/c1-37(2)32-9-5-3-8-27(32)28-14-12-25(20-33(28)37)30-21-34-36(29-13-11-23(22-38)19-31(29)30)41-42(40-34)35-10-6-4-7-26(35)24-15-17-39-18-16-24/h3-21H,1-2H3. The van der Waals surface area contributed by atoms with Crippen LogP contribution in [-0.4, -0.2) is 20.0 Å². The first kappa shape index (κ1) is 24.2. The van der Waals surface area contributed by atoms with Crippen molar-refractivity contribution in [1.29, 1.82) is 5.26 Å². The number of pyridine rings is 1. The molecule has 0 radical (unpaired) electrons. The molecule has 198 valence electrons. The molecule has 42 heavy (non-hydrogen) atoms. The van der Waals surface area contributed by atoms with E-state index in [4.69, 9.17) is 10.2 Å². The van der Waals surface area contributed by atoms with Gasteiger partial charge in [0.15, 0.2) is 0 Å². The number of benzene rings is 5. The molecule has 0 spiro atoms. The third kappa shape index (κ3) is 3.52. The van der Waals surface area contributed by atoms with Gasteiger partial charge in [0.25, 0.3) is 0 Å². The molecule has 0 aliphatic heterocycles. The average Bonchev–Trinajstić information content (AvgIpc) is 3.57. The number of fused-ring (bicyclic) bond motifs is 6. The predicted octanol–water partition coefficient (Wildman–Crippen LogP) is 8.48. The van der Waals surface area contributed by atoms with Crippen LogP contribution in [0.3, 0.4) is 0 Å². The van der Waals surface area contributed by atoms with E-state index in [2.05, 4.69) is 79.5 Å². The summed E-state index contributed by atoms with van der Waals surface area (Å²) >= 11 is 0. The quantitative estimate of drug-likeness (QED) is 0.226. The van der Waals surface area contributed by atoms with E-state index in [1.807, 2.05) is 48.5 Å². The van der Waals surface area contributed by atoms with Gasteiger partial charge in [-0.3, -0.25) is 4.98 Å². The van der Waals surface area contributed by atoms with Crippen LogP contribution in [0.25, 0.3) is 60.9 Å². The van der Waals surface area contributed by atoms with E-state index in [9.17, 15) is 5.26 Å². The van der Waals surface area contributed by atoms with Crippen molar-refractivity contribution < 1.29 is 0 Å². The highest BCUT2D eigenvalue weighted by Crippen LogP contribution is 2.50. The van der Waals surface area contributed by atoms with Crippen molar-refractivity contribution in [3.63, 3.8) is 0 Å². The minimum atomic E-state index is -0.112. The molecule has 2 aromatic heterocycles. The number of nitriles is 1. The van der Waals surface area contributed by atoms with Gasteiger partial charge in [-0.1, -0.05) is 74.5 Å². The second-order valence-electron chi connectivity index (χ2n) is 11.3. The Morgan fingerprint density at radius 3 is 2.24 bits per heavy atom. The number of nitrogens with zero attached hydrogens (tertiary/aromatic N) is 5. The summed E-state index contributed by atoms with van der Waals surface area (Å²) in [6.07, 6.45) is 3.59. The lowest BCUT2D eigenvalue weighted by atomic mass is 9.81. The van der Waals surface area contributed by atoms with Crippen molar-refractivity contribution in [2.24, 2.45) is 0 Å². The highest BCUT2D eigenvalue weighted by molar-refractivity contribution is 6.11. The molecule has 0 saturated carbocycles. The van der Waals surface area contributed by atoms with E-state index in [0.717, 1.165) is 49.7 Å². The molecular weight excluding hydrogens is 514 g/mol. The summed E-state index contributed by atoms with van der Waals surface area (Å²) in [6.45, 7) is 4.59. The topological polar surface area (TPSA) is 67.4 Å². The zero-order valence-corrected chi connectivity index (χ0v) is 23.2. The maximum atomic E-state index is 9.77.